The molecule has 1 aliphatic carbocycles. The van der Waals surface area contributed by atoms with Gasteiger partial charge in [-0.15, -0.1) is 0 Å². The van der Waals surface area contributed by atoms with Crippen molar-refractivity contribution < 1.29 is 14.3 Å². The summed E-state index contributed by atoms with van der Waals surface area (Å²) < 4.78 is 13.2. The minimum Gasteiger partial charge on any atom is -0.490 e. The first-order valence-corrected chi connectivity index (χ1v) is 13.7. The van der Waals surface area contributed by atoms with E-state index in [1.807, 2.05) is 54.7 Å². The maximum absolute atomic E-state index is 12.0. The van der Waals surface area contributed by atoms with E-state index in [0.717, 1.165) is 41.4 Å². The molecule has 0 radical (unpaired) electrons. The smallest absolute Gasteiger partial charge is 0.337 e. The van der Waals surface area contributed by atoms with Crippen LogP contribution in [0.2, 0.25) is 0 Å². The van der Waals surface area contributed by atoms with Crippen LogP contribution in [0.4, 0.5) is 5.69 Å². The number of esters is 1. The predicted octanol–water partition coefficient (Wildman–Crippen LogP) is 6.16. The Balaban J connectivity index is 1.37. The van der Waals surface area contributed by atoms with Crippen LogP contribution < -0.4 is 15.0 Å². The topological polar surface area (TPSA) is 68.6 Å². The fourth-order valence-corrected chi connectivity index (χ4v) is 5.91. The molecule has 6 rings (SSSR count). The number of carbonyl (C=O) groups excluding carboxylic acids is 1. The lowest BCUT2D eigenvalue weighted by atomic mass is 10.0. The maximum atomic E-state index is 12.0. The van der Waals surface area contributed by atoms with Crippen LogP contribution in [-0.4, -0.2) is 33.8 Å². The standard InChI is InChI=1S/C31H30N4O3S/c1-37-30(36)21-11-13-22(14-12-21)34-20-6-10-27(34)29-28(26-9-4-5-19-32-26)33-31(39)35(29)23-15-17-25(18-16-23)38-24-7-2-3-8-24/h4-6,9-20,24,28-29H,2-3,7-8H2,1H3,(H,33,39)/t28-,29+/m0/s1. The summed E-state index contributed by atoms with van der Waals surface area (Å²) in [5.41, 5.74) is 4.35. The molecular formula is C31H30N4O3S. The Hall–Kier alpha value is -4.17. The summed E-state index contributed by atoms with van der Waals surface area (Å²) in [5, 5.41) is 4.16. The van der Waals surface area contributed by atoms with Gasteiger partial charge in [0.15, 0.2) is 5.11 Å². The van der Waals surface area contributed by atoms with E-state index in [1.165, 1.54) is 20.0 Å². The van der Waals surface area contributed by atoms with Crippen LogP contribution in [0.15, 0.2) is 91.3 Å². The number of ether oxygens (including phenoxy) is 2. The van der Waals surface area contributed by atoms with Crippen molar-refractivity contribution in [3.63, 3.8) is 0 Å². The number of anilines is 1. The highest BCUT2D eigenvalue weighted by atomic mass is 32.1. The summed E-state index contributed by atoms with van der Waals surface area (Å²) in [6.45, 7) is 0. The second-order valence-corrected chi connectivity index (χ2v) is 10.2. The number of aromatic nitrogens is 2. The molecule has 1 aliphatic heterocycles. The monoisotopic (exact) mass is 538 g/mol. The Morgan fingerprint density at radius 2 is 1.69 bits per heavy atom. The number of benzene rings is 2. The van der Waals surface area contributed by atoms with Gasteiger partial charge in [-0.2, -0.15) is 0 Å². The minimum absolute atomic E-state index is 0.170. The van der Waals surface area contributed by atoms with E-state index in [2.05, 4.69) is 38.0 Å². The van der Waals surface area contributed by atoms with Crippen molar-refractivity contribution >= 4 is 29.0 Å². The van der Waals surface area contributed by atoms with Crippen molar-refractivity contribution in [1.29, 1.82) is 0 Å². The van der Waals surface area contributed by atoms with Crippen molar-refractivity contribution in [3.8, 4) is 11.4 Å². The van der Waals surface area contributed by atoms with Crippen molar-refractivity contribution in [3.05, 3.63) is 108 Å². The van der Waals surface area contributed by atoms with Gasteiger partial charge in [0.05, 0.1) is 30.5 Å². The highest BCUT2D eigenvalue weighted by Gasteiger charge is 2.42. The van der Waals surface area contributed by atoms with Crippen molar-refractivity contribution in [2.75, 3.05) is 12.0 Å². The van der Waals surface area contributed by atoms with Gasteiger partial charge >= 0.3 is 5.97 Å². The molecule has 2 fully saturated rings. The number of nitrogens with one attached hydrogen (secondary N) is 1. The van der Waals surface area contributed by atoms with E-state index in [4.69, 9.17) is 21.7 Å². The number of pyridine rings is 1. The van der Waals surface area contributed by atoms with Gasteiger partial charge in [-0.1, -0.05) is 6.07 Å². The molecular weight excluding hydrogens is 508 g/mol. The molecule has 39 heavy (non-hydrogen) atoms. The summed E-state index contributed by atoms with van der Waals surface area (Å²) in [5.74, 6) is 0.525. The first-order chi connectivity index (χ1) is 19.1. The zero-order chi connectivity index (χ0) is 26.8. The Bertz CT molecular complexity index is 1450. The molecule has 198 valence electrons. The number of thiocarbonyl (C=S) groups is 1. The summed E-state index contributed by atoms with van der Waals surface area (Å²) in [4.78, 5) is 18.8. The highest BCUT2D eigenvalue weighted by Crippen LogP contribution is 2.42. The number of hydrogen-bond donors (Lipinski definition) is 1. The van der Waals surface area contributed by atoms with E-state index in [9.17, 15) is 4.79 Å². The highest BCUT2D eigenvalue weighted by molar-refractivity contribution is 7.80. The van der Waals surface area contributed by atoms with Crippen LogP contribution in [0.5, 0.6) is 5.75 Å². The van der Waals surface area contributed by atoms with Gasteiger partial charge in [0, 0.05) is 29.5 Å². The van der Waals surface area contributed by atoms with Crippen molar-refractivity contribution in [1.82, 2.24) is 14.9 Å². The molecule has 2 aromatic heterocycles. The van der Waals surface area contributed by atoms with Gasteiger partial charge in [-0.05, 0) is 111 Å². The molecule has 4 aromatic rings. The van der Waals surface area contributed by atoms with Gasteiger partial charge in [-0.25, -0.2) is 4.79 Å². The average Bonchev–Trinajstić information content (AvgIpc) is 3.74. The Morgan fingerprint density at radius 1 is 0.949 bits per heavy atom. The zero-order valence-electron chi connectivity index (χ0n) is 21.7. The van der Waals surface area contributed by atoms with E-state index in [-0.39, 0.29) is 18.1 Å². The third kappa shape index (κ3) is 5.00. The van der Waals surface area contributed by atoms with Crippen LogP contribution in [-0.2, 0) is 4.74 Å². The lowest BCUT2D eigenvalue weighted by Crippen LogP contribution is -2.30. The molecule has 0 unspecified atom stereocenters. The average molecular weight is 539 g/mol. The van der Waals surface area contributed by atoms with Crippen LogP contribution in [0.3, 0.4) is 0 Å². The lowest BCUT2D eigenvalue weighted by Gasteiger charge is -2.29. The predicted molar refractivity (Wildman–Crippen MR) is 154 cm³/mol. The molecule has 0 spiro atoms. The number of nitrogens with zero attached hydrogens (tertiary/aromatic N) is 3. The van der Waals surface area contributed by atoms with E-state index >= 15 is 0 Å². The van der Waals surface area contributed by atoms with Crippen molar-refractivity contribution in [2.45, 2.75) is 43.9 Å². The van der Waals surface area contributed by atoms with Crippen LogP contribution in [0.1, 0.15) is 59.5 Å². The largest absolute Gasteiger partial charge is 0.490 e. The first-order valence-electron chi connectivity index (χ1n) is 13.3. The van der Waals surface area contributed by atoms with Gasteiger partial charge in [0.25, 0.3) is 0 Å². The normalized spacial score (nSPS) is 19.2. The first kappa shape index (κ1) is 25.1. The minimum atomic E-state index is -0.360. The quantitative estimate of drug-likeness (QED) is 0.223. The number of hydrogen-bond acceptors (Lipinski definition) is 5. The maximum Gasteiger partial charge on any atom is 0.337 e. The number of rotatable bonds is 7. The Kier molecular flexibility index (Phi) is 7.02. The molecule has 7 nitrogen and oxygen atoms in total. The summed E-state index contributed by atoms with van der Waals surface area (Å²) in [6, 6.07) is 25.3. The number of carbonyl (C=O) groups is 1. The van der Waals surface area contributed by atoms with Gasteiger partial charge in [0.2, 0.25) is 0 Å². The Morgan fingerprint density at radius 3 is 2.38 bits per heavy atom. The van der Waals surface area contributed by atoms with E-state index < -0.39 is 0 Å². The second-order valence-electron chi connectivity index (χ2n) is 9.86. The molecule has 0 bridgehead atoms. The van der Waals surface area contributed by atoms with E-state index in [0.29, 0.717) is 16.8 Å². The third-order valence-electron chi connectivity index (χ3n) is 7.47. The molecule has 1 saturated heterocycles. The summed E-state index contributed by atoms with van der Waals surface area (Å²) >= 11 is 5.91. The third-order valence-corrected chi connectivity index (χ3v) is 7.78. The SMILES string of the molecule is COC(=O)c1ccc(-n2cccc2[C@@H]2[C@H](c3ccccn3)NC(=S)N2c2ccc(OC3CCCC3)cc2)cc1. The van der Waals surface area contributed by atoms with Gasteiger partial charge < -0.3 is 24.3 Å². The molecule has 3 heterocycles. The molecule has 2 aliphatic rings. The van der Waals surface area contributed by atoms with Gasteiger partial charge in [0.1, 0.15) is 11.8 Å². The van der Waals surface area contributed by atoms with Crippen LogP contribution >= 0.6 is 12.2 Å². The lowest BCUT2D eigenvalue weighted by molar-refractivity contribution is 0.0600. The molecule has 0 amide bonds. The summed E-state index contributed by atoms with van der Waals surface area (Å²) in [7, 11) is 1.38. The number of methoxy groups -OCH3 is 1. The van der Waals surface area contributed by atoms with Crippen molar-refractivity contribution in [2.24, 2.45) is 0 Å². The zero-order valence-corrected chi connectivity index (χ0v) is 22.5. The summed E-state index contributed by atoms with van der Waals surface area (Å²) in [6.07, 6.45) is 8.84. The van der Waals surface area contributed by atoms with Crippen LogP contribution in [0, 0.1) is 0 Å². The molecule has 1 N–H and O–H groups in total. The molecule has 1 saturated carbocycles. The van der Waals surface area contributed by atoms with E-state index in [1.54, 1.807) is 18.3 Å². The van der Waals surface area contributed by atoms with Gasteiger partial charge in [-0.3, -0.25) is 4.98 Å². The fourth-order valence-electron chi connectivity index (χ4n) is 5.56. The Labute approximate surface area is 233 Å². The molecule has 2 atom stereocenters. The van der Waals surface area contributed by atoms with Crippen LogP contribution in [0.25, 0.3) is 5.69 Å². The fraction of sp³-hybridized carbons (Fsp3) is 0.258. The second kappa shape index (κ2) is 10.9. The molecule has 8 heteroatoms. The molecule has 2 aromatic carbocycles.